The number of hydrogen-bond donors (Lipinski definition) is 1. The third kappa shape index (κ3) is 5.51. The van der Waals surface area contributed by atoms with E-state index >= 15 is 0 Å². The van der Waals surface area contributed by atoms with Gasteiger partial charge in [-0.15, -0.1) is 0 Å². The number of carbonyl (C=O) groups excluding carboxylic acids is 1. The van der Waals surface area contributed by atoms with E-state index in [1.807, 2.05) is 45.2 Å². The zero-order chi connectivity index (χ0) is 28.8. The van der Waals surface area contributed by atoms with E-state index in [9.17, 15) is 9.90 Å². The maximum Gasteiger partial charge on any atom is 0.254 e. The van der Waals surface area contributed by atoms with Gasteiger partial charge in [0.05, 0.1) is 32.9 Å². The SMILES string of the molecule is COc1ccc([C@@H]2CN(C(=O)[C@@H]3COC(C)(C)O3)C[C@@]2(C)C(C)O)cc1OC1CN(c2ccc(C(C)C)cn2)C1. The van der Waals surface area contributed by atoms with E-state index in [1.165, 1.54) is 5.56 Å². The molecule has 0 radical (unpaired) electrons. The van der Waals surface area contributed by atoms with E-state index in [-0.39, 0.29) is 24.5 Å². The number of nitrogens with zero attached hydrogens (tertiary/aromatic N) is 3. The lowest BCUT2D eigenvalue weighted by atomic mass is 9.72. The Bertz CT molecular complexity index is 1210. The largest absolute Gasteiger partial charge is 0.493 e. The van der Waals surface area contributed by atoms with Crippen molar-refractivity contribution in [3.63, 3.8) is 0 Å². The van der Waals surface area contributed by atoms with Crippen LogP contribution < -0.4 is 14.4 Å². The molecule has 218 valence electrons. The molecule has 4 heterocycles. The number of hydrogen-bond acceptors (Lipinski definition) is 8. The molecule has 1 aromatic carbocycles. The molecule has 3 fully saturated rings. The number of amides is 1. The van der Waals surface area contributed by atoms with Crippen molar-refractivity contribution in [2.75, 3.05) is 44.8 Å². The maximum atomic E-state index is 13.4. The van der Waals surface area contributed by atoms with Gasteiger partial charge in [-0.1, -0.05) is 32.9 Å². The summed E-state index contributed by atoms with van der Waals surface area (Å²) in [6.45, 7) is 14.4. The van der Waals surface area contributed by atoms with Gasteiger partial charge in [0.1, 0.15) is 11.9 Å². The number of aliphatic hydroxyl groups is 1. The number of likely N-dealkylation sites (tertiary alicyclic amines) is 1. The minimum absolute atomic E-state index is 0.00315. The quantitative estimate of drug-likeness (QED) is 0.526. The minimum Gasteiger partial charge on any atom is -0.493 e. The Kier molecular flexibility index (Phi) is 7.76. The summed E-state index contributed by atoms with van der Waals surface area (Å²) in [6, 6.07) is 10.1. The molecule has 3 aliphatic rings. The number of aromatic nitrogens is 1. The van der Waals surface area contributed by atoms with Crippen LogP contribution in [0, 0.1) is 5.41 Å². The van der Waals surface area contributed by atoms with Gasteiger partial charge in [0.25, 0.3) is 5.91 Å². The Morgan fingerprint density at radius 2 is 1.85 bits per heavy atom. The highest BCUT2D eigenvalue weighted by Gasteiger charge is 2.50. The fraction of sp³-hybridized carbons (Fsp3) is 0.613. The minimum atomic E-state index is -0.778. The van der Waals surface area contributed by atoms with Gasteiger partial charge in [0.15, 0.2) is 23.4 Å². The lowest BCUT2D eigenvalue weighted by Gasteiger charge is -2.40. The zero-order valence-corrected chi connectivity index (χ0v) is 24.7. The predicted octanol–water partition coefficient (Wildman–Crippen LogP) is 3.95. The standard InChI is InChI=1S/C31H43N3O6/c1-19(2)22-9-11-28(32-13-22)33-14-23(15-33)39-26-12-21(8-10-25(26)37-7)24-16-34(18-31(24,6)20(3)35)29(36)27-17-38-30(4,5)40-27/h8-13,19-20,23-24,27,35H,14-18H2,1-7H3/t20?,24-,27-,31-/m0/s1. The Labute approximate surface area is 237 Å². The second kappa shape index (κ2) is 10.8. The van der Waals surface area contributed by atoms with Crippen LogP contribution in [-0.4, -0.2) is 84.9 Å². The lowest BCUT2D eigenvalue weighted by molar-refractivity contribution is -0.159. The third-order valence-corrected chi connectivity index (χ3v) is 8.77. The van der Waals surface area contributed by atoms with E-state index in [4.69, 9.17) is 18.9 Å². The molecule has 0 aliphatic carbocycles. The molecular weight excluding hydrogens is 510 g/mol. The Balaban J connectivity index is 1.30. The van der Waals surface area contributed by atoms with Crippen LogP contribution in [0.4, 0.5) is 5.82 Å². The van der Waals surface area contributed by atoms with Crippen LogP contribution in [0.5, 0.6) is 11.5 Å². The molecule has 0 spiro atoms. The van der Waals surface area contributed by atoms with Crippen molar-refractivity contribution in [1.29, 1.82) is 0 Å². The molecule has 2 aromatic rings. The summed E-state index contributed by atoms with van der Waals surface area (Å²) >= 11 is 0. The number of pyridine rings is 1. The molecule has 1 aromatic heterocycles. The number of benzene rings is 1. The van der Waals surface area contributed by atoms with Crippen molar-refractivity contribution in [3.05, 3.63) is 47.7 Å². The van der Waals surface area contributed by atoms with Crippen molar-refractivity contribution in [2.45, 2.75) is 77.5 Å². The van der Waals surface area contributed by atoms with Crippen LogP contribution in [0.2, 0.25) is 0 Å². The van der Waals surface area contributed by atoms with E-state index in [0.29, 0.717) is 30.5 Å². The first-order valence-electron chi connectivity index (χ1n) is 14.2. The molecule has 3 aliphatic heterocycles. The van der Waals surface area contributed by atoms with Gasteiger partial charge in [-0.2, -0.15) is 0 Å². The average molecular weight is 554 g/mol. The number of rotatable bonds is 8. The summed E-state index contributed by atoms with van der Waals surface area (Å²) in [5.41, 5.74) is 1.68. The first-order chi connectivity index (χ1) is 18.9. The number of anilines is 1. The lowest BCUT2D eigenvalue weighted by Crippen LogP contribution is -2.54. The van der Waals surface area contributed by atoms with Crippen molar-refractivity contribution in [2.24, 2.45) is 5.41 Å². The highest BCUT2D eigenvalue weighted by Crippen LogP contribution is 2.47. The molecule has 40 heavy (non-hydrogen) atoms. The van der Waals surface area contributed by atoms with Crippen LogP contribution in [0.15, 0.2) is 36.5 Å². The number of aliphatic hydroxyl groups excluding tert-OH is 1. The monoisotopic (exact) mass is 553 g/mol. The molecule has 9 heteroatoms. The van der Waals surface area contributed by atoms with Crippen LogP contribution >= 0.6 is 0 Å². The summed E-state index contributed by atoms with van der Waals surface area (Å²) in [6.07, 6.45) is 0.680. The average Bonchev–Trinajstić information content (AvgIpc) is 3.45. The fourth-order valence-electron chi connectivity index (χ4n) is 5.91. The first kappa shape index (κ1) is 28.6. The van der Waals surface area contributed by atoms with E-state index < -0.39 is 23.4 Å². The summed E-state index contributed by atoms with van der Waals surface area (Å²) in [7, 11) is 1.64. The first-order valence-corrected chi connectivity index (χ1v) is 14.2. The maximum absolute atomic E-state index is 13.4. The number of carbonyl (C=O) groups is 1. The van der Waals surface area contributed by atoms with Crippen LogP contribution in [-0.2, 0) is 14.3 Å². The highest BCUT2D eigenvalue weighted by atomic mass is 16.7. The molecule has 1 N–H and O–H groups in total. The fourth-order valence-corrected chi connectivity index (χ4v) is 5.91. The third-order valence-electron chi connectivity index (χ3n) is 8.77. The van der Waals surface area contributed by atoms with Crippen molar-refractivity contribution in [3.8, 4) is 11.5 Å². The molecule has 4 atom stereocenters. The molecule has 1 unspecified atom stereocenters. The Morgan fingerprint density at radius 3 is 2.42 bits per heavy atom. The number of methoxy groups -OCH3 is 1. The van der Waals surface area contributed by atoms with Gasteiger partial charge in [-0.25, -0.2) is 4.98 Å². The molecule has 9 nitrogen and oxygen atoms in total. The van der Waals surface area contributed by atoms with E-state index in [1.54, 1.807) is 18.9 Å². The van der Waals surface area contributed by atoms with Gasteiger partial charge in [0, 0.05) is 30.6 Å². The molecule has 1 amide bonds. The number of ether oxygens (including phenoxy) is 4. The molecule has 0 bridgehead atoms. The van der Waals surface area contributed by atoms with Gasteiger partial charge >= 0.3 is 0 Å². The topological polar surface area (TPSA) is 93.6 Å². The molecule has 3 saturated heterocycles. The summed E-state index contributed by atoms with van der Waals surface area (Å²) < 4.78 is 23.5. The normalized spacial score (nSPS) is 27.1. The second-order valence-corrected chi connectivity index (χ2v) is 12.4. The second-order valence-electron chi connectivity index (χ2n) is 12.4. The predicted molar refractivity (Wildman–Crippen MR) is 152 cm³/mol. The summed E-state index contributed by atoms with van der Waals surface area (Å²) in [4.78, 5) is 22.0. The zero-order valence-electron chi connectivity index (χ0n) is 24.7. The van der Waals surface area contributed by atoms with E-state index in [2.05, 4.69) is 35.9 Å². The van der Waals surface area contributed by atoms with Gasteiger partial charge in [-0.05, 0) is 56.0 Å². The van der Waals surface area contributed by atoms with Crippen LogP contribution in [0.1, 0.15) is 64.5 Å². The Hall–Kier alpha value is -2.88. The van der Waals surface area contributed by atoms with Crippen molar-refractivity contribution < 1.29 is 28.8 Å². The summed E-state index contributed by atoms with van der Waals surface area (Å²) in [5, 5.41) is 10.9. The molecular formula is C31H43N3O6. The smallest absolute Gasteiger partial charge is 0.254 e. The van der Waals surface area contributed by atoms with Crippen molar-refractivity contribution >= 4 is 11.7 Å². The van der Waals surface area contributed by atoms with Gasteiger partial charge in [0.2, 0.25) is 0 Å². The van der Waals surface area contributed by atoms with Crippen molar-refractivity contribution in [1.82, 2.24) is 9.88 Å². The van der Waals surface area contributed by atoms with Crippen LogP contribution in [0.3, 0.4) is 0 Å². The molecule has 0 saturated carbocycles. The van der Waals surface area contributed by atoms with Gasteiger partial charge in [-0.3, -0.25) is 4.79 Å². The van der Waals surface area contributed by atoms with E-state index in [0.717, 1.165) is 24.5 Å². The Morgan fingerprint density at radius 1 is 1.10 bits per heavy atom. The van der Waals surface area contributed by atoms with Crippen LogP contribution in [0.25, 0.3) is 0 Å². The molecule has 5 rings (SSSR count). The van der Waals surface area contributed by atoms with Gasteiger partial charge < -0.3 is 33.9 Å². The highest BCUT2D eigenvalue weighted by molar-refractivity contribution is 5.82. The summed E-state index contributed by atoms with van der Waals surface area (Å²) in [5.74, 6) is 1.75.